The summed E-state index contributed by atoms with van der Waals surface area (Å²) >= 11 is 0. The number of hydrogen-bond donors (Lipinski definition) is 2. The van der Waals surface area contributed by atoms with Gasteiger partial charge in [0.1, 0.15) is 18.4 Å². The molecule has 9 heteroatoms. The molecule has 2 aliphatic heterocycles. The molecule has 9 nitrogen and oxygen atoms in total. The summed E-state index contributed by atoms with van der Waals surface area (Å²) in [6.45, 7) is 7.76. The van der Waals surface area contributed by atoms with Crippen molar-refractivity contribution >= 4 is 11.9 Å². The minimum absolute atomic E-state index is 0.0731. The van der Waals surface area contributed by atoms with Gasteiger partial charge in [-0.2, -0.15) is 0 Å². The lowest BCUT2D eigenvalue weighted by atomic mass is 9.89. The van der Waals surface area contributed by atoms with Gasteiger partial charge in [0.2, 0.25) is 5.91 Å². The highest BCUT2D eigenvalue weighted by Gasteiger charge is 2.39. The van der Waals surface area contributed by atoms with E-state index in [2.05, 4.69) is 59.4 Å². The number of fused-ring (bicyclic) bond motifs is 2. The Morgan fingerprint density at radius 3 is 2.41 bits per heavy atom. The summed E-state index contributed by atoms with van der Waals surface area (Å²) in [5.41, 5.74) is 9.21. The van der Waals surface area contributed by atoms with E-state index in [0.717, 1.165) is 81.3 Å². The molecule has 0 bridgehead atoms. The molecule has 306 valence electrons. The van der Waals surface area contributed by atoms with E-state index in [4.69, 9.17) is 14.2 Å². The molecule has 4 atom stereocenters. The van der Waals surface area contributed by atoms with Crippen molar-refractivity contribution in [1.82, 2.24) is 15.2 Å². The summed E-state index contributed by atoms with van der Waals surface area (Å²) in [5, 5.41) is 13.3. The number of carboxylic acid groups (broad SMARTS) is 1. The maximum Gasteiger partial charge on any atom is 0.326 e. The molecule has 0 spiro atoms. The van der Waals surface area contributed by atoms with Crippen LogP contribution in [0, 0.1) is 19.8 Å². The number of ether oxygens (including phenoxy) is 3. The highest BCUT2D eigenvalue weighted by molar-refractivity contribution is 5.87. The van der Waals surface area contributed by atoms with Crippen molar-refractivity contribution in [1.29, 1.82) is 0 Å². The number of rotatable bonds is 14. The lowest BCUT2D eigenvalue weighted by Crippen LogP contribution is -2.55. The molecule has 0 radical (unpaired) electrons. The third-order valence-electron chi connectivity index (χ3n) is 12.7. The van der Waals surface area contributed by atoms with Crippen LogP contribution in [-0.2, 0) is 29.0 Å². The predicted octanol–water partition coefficient (Wildman–Crippen LogP) is 9.53. The van der Waals surface area contributed by atoms with E-state index in [-0.39, 0.29) is 24.5 Å². The van der Waals surface area contributed by atoms with Gasteiger partial charge in [0, 0.05) is 30.9 Å². The Morgan fingerprint density at radius 2 is 1.68 bits per heavy atom. The Morgan fingerprint density at radius 1 is 0.932 bits per heavy atom. The number of carbonyl (C=O) groups is 2. The summed E-state index contributed by atoms with van der Waals surface area (Å²) in [5.74, 6) is 1.62. The van der Waals surface area contributed by atoms with Crippen molar-refractivity contribution in [2.24, 2.45) is 5.92 Å². The van der Waals surface area contributed by atoms with Gasteiger partial charge < -0.3 is 24.6 Å². The molecule has 4 unspecified atom stereocenters. The van der Waals surface area contributed by atoms with Crippen LogP contribution >= 0.6 is 0 Å². The number of aryl methyl sites for hydroxylation is 1. The van der Waals surface area contributed by atoms with Gasteiger partial charge in [0.15, 0.2) is 17.6 Å². The van der Waals surface area contributed by atoms with E-state index < -0.39 is 18.1 Å². The summed E-state index contributed by atoms with van der Waals surface area (Å²) in [7, 11) is 0. The van der Waals surface area contributed by atoms with Gasteiger partial charge in [0.25, 0.3) is 0 Å². The molecule has 0 saturated heterocycles. The van der Waals surface area contributed by atoms with Crippen LogP contribution < -0.4 is 19.5 Å². The van der Waals surface area contributed by atoms with E-state index in [1.54, 1.807) is 6.20 Å². The average molecular weight is 794 g/mol. The van der Waals surface area contributed by atoms with Crippen LogP contribution in [0.25, 0.3) is 11.1 Å². The van der Waals surface area contributed by atoms with E-state index in [1.165, 1.54) is 25.7 Å². The van der Waals surface area contributed by atoms with Crippen LogP contribution in [0.1, 0.15) is 96.7 Å². The second-order valence-electron chi connectivity index (χ2n) is 16.4. The van der Waals surface area contributed by atoms with Gasteiger partial charge in [-0.15, -0.1) is 0 Å². The van der Waals surface area contributed by atoms with Crippen LogP contribution in [0.5, 0.6) is 17.2 Å². The van der Waals surface area contributed by atoms with Gasteiger partial charge in [0.05, 0.1) is 12.6 Å². The number of benzene rings is 4. The summed E-state index contributed by atoms with van der Waals surface area (Å²) < 4.78 is 19.0. The van der Waals surface area contributed by atoms with E-state index in [9.17, 15) is 14.7 Å². The summed E-state index contributed by atoms with van der Waals surface area (Å²) in [4.78, 5) is 33.7. The molecule has 1 aromatic heterocycles. The minimum Gasteiger partial charge on any atom is -0.494 e. The molecule has 5 aromatic rings. The first-order valence-electron chi connectivity index (χ1n) is 21.3. The molecule has 2 N–H and O–H groups in total. The average Bonchev–Trinajstić information content (AvgIpc) is 3.78. The van der Waals surface area contributed by atoms with Crippen molar-refractivity contribution in [2.75, 3.05) is 13.2 Å². The van der Waals surface area contributed by atoms with E-state index >= 15 is 0 Å². The number of carbonyl (C=O) groups excluding carboxylic acids is 1. The van der Waals surface area contributed by atoms with E-state index in [1.807, 2.05) is 73.7 Å². The fourth-order valence-corrected chi connectivity index (χ4v) is 9.14. The van der Waals surface area contributed by atoms with Crippen LogP contribution in [0.2, 0.25) is 0 Å². The van der Waals surface area contributed by atoms with Crippen molar-refractivity contribution < 1.29 is 28.9 Å². The summed E-state index contributed by atoms with van der Waals surface area (Å²) in [6, 6.07) is 30.5. The number of amides is 1. The Labute approximate surface area is 347 Å². The van der Waals surface area contributed by atoms with Crippen LogP contribution in [0.4, 0.5) is 0 Å². The third kappa shape index (κ3) is 9.15. The lowest BCUT2D eigenvalue weighted by molar-refractivity contribution is -0.143. The van der Waals surface area contributed by atoms with Gasteiger partial charge in [-0.05, 0) is 114 Å². The van der Waals surface area contributed by atoms with Gasteiger partial charge in [-0.25, -0.2) is 4.79 Å². The molecule has 59 heavy (non-hydrogen) atoms. The van der Waals surface area contributed by atoms with Crippen molar-refractivity contribution in [3.05, 3.63) is 142 Å². The maximum absolute atomic E-state index is 14.4. The van der Waals surface area contributed by atoms with Crippen molar-refractivity contribution in [2.45, 2.75) is 103 Å². The summed E-state index contributed by atoms with van der Waals surface area (Å²) in [6.07, 6.45) is 9.30. The zero-order valence-electron chi connectivity index (χ0n) is 34.4. The molecular weight excluding hydrogens is 739 g/mol. The molecule has 8 rings (SSSR count). The van der Waals surface area contributed by atoms with Gasteiger partial charge in [-0.3, -0.25) is 14.7 Å². The predicted molar refractivity (Wildman–Crippen MR) is 229 cm³/mol. The first-order chi connectivity index (χ1) is 28.7. The first-order valence-corrected chi connectivity index (χ1v) is 21.3. The Balaban J connectivity index is 0.988. The smallest absolute Gasteiger partial charge is 0.326 e. The van der Waals surface area contributed by atoms with Crippen molar-refractivity contribution in [3.63, 3.8) is 0 Å². The molecule has 3 aliphatic rings. The SMILES string of the molecule is CCC(c1ccccc1)N1Cc2cc3c(cc2CC1C(=O)NC(Cc1ccc(-c2ccnc(C)c2C)cc1)C(=O)O)OCC(c1ccc(OCCC2CCCC2)cc1)O3. The molecule has 1 amide bonds. The zero-order chi connectivity index (χ0) is 40.9. The largest absolute Gasteiger partial charge is 0.494 e. The number of aliphatic carboxylic acids is 1. The fraction of sp³-hybridized carbons (Fsp3) is 0.380. The zero-order valence-corrected chi connectivity index (χ0v) is 34.4. The Kier molecular flexibility index (Phi) is 12.3. The first kappa shape index (κ1) is 40.1. The molecule has 1 fully saturated rings. The topological polar surface area (TPSA) is 110 Å². The second kappa shape index (κ2) is 18.1. The van der Waals surface area contributed by atoms with Crippen LogP contribution in [0.3, 0.4) is 0 Å². The quantitative estimate of drug-likeness (QED) is 0.115. The lowest BCUT2D eigenvalue weighted by Gasteiger charge is -2.42. The van der Waals surface area contributed by atoms with Crippen molar-refractivity contribution in [3.8, 4) is 28.4 Å². The highest BCUT2D eigenvalue weighted by Crippen LogP contribution is 2.43. The normalized spacial score (nSPS) is 18.8. The van der Waals surface area contributed by atoms with Crippen LogP contribution in [0.15, 0.2) is 103 Å². The number of nitrogens with zero attached hydrogens (tertiary/aromatic N) is 2. The number of pyridine rings is 1. The molecule has 1 saturated carbocycles. The number of hydrogen-bond acceptors (Lipinski definition) is 7. The minimum atomic E-state index is -1.10. The Bertz CT molecular complexity index is 2240. The monoisotopic (exact) mass is 793 g/mol. The Hall–Kier alpha value is -5.67. The standard InChI is InChI=1S/C50H55N3O6/c1-4-44(37-12-6-5-7-13-37)53-30-40-29-47-46(58-31-48(59-47)38-18-20-41(21-19-38)57-25-23-34-10-8-9-11-34)28-39(40)27-45(53)49(54)52-43(50(55)56)26-35-14-16-36(17-15-35)42-22-24-51-33(3)32(42)2/h5-7,12-22,24,28-29,34,43-45,48H,4,8-11,23,25-27,30-31H2,1-3H3,(H,52,54)(H,55,56). The molecule has 4 aromatic carbocycles. The molecular formula is C50H55N3O6. The number of aromatic nitrogens is 1. The molecule has 1 aliphatic carbocycles. The number of nitrogens with one attached hydrogen (secondary N) is 1. The fourth-order valence-electron chi connectivity index (χ4n) is 9.14. The number of carboxylic acids is 1. The maximum atomic E-state index is 14.4. The molecule has 3 heterocycles. The second-order valence-corrected chi connectivity index (χ2v) is 16.4. The highest BCUT2D eigenvalue weighted by atomic mass is 16.6. The van der Waals surface area contributed by atoms with Crippen LogP contribution in [-0.4, -0.2) is 52.2 Å². The third-order valence-corrected chi connectivity index (χ3v) is 12.7. The van der Waals surface area contributed by atoms with Gasteiger partial charge in [-0.1, -0.05) is 99.3 Å². The van der Waals surface area contributed by atoms with E-state index in [0.29, 0.717) is 31.1 Å². The van der Waals surface area contributed by atoms with Gasteiger partial charge >= 0.3 is 5.97 Å².